The Morgan fingerprint density at radius 2 is 2.00 bits per heavy atom. The summed E-state index contributed by atoms with van der Waals surface area (Å²) >= 11 is 0. The lowest BCUT2D eigenvalue weighted by atomic mass is 9.83. The van der Waals surface area contributed by atoms with Crippen molar-refractivity contribution in [3.63, 3.8) is 0 Å². The van der Waals surface area contributed by atoms with Crippen molar-refractivity contribution in [2.24, 2.45) is 5.92 Å². The van der Waals surface area contributed by atoms with E-state index in [4.69, 9.17) is 4.74 Å². The Morgan fingerprint density at radius 3 is 2.67 bits per heavy atom. The fourth-order valence-corrected chi connectivity index (χ4v) is 2.38. The van der Waals surface area contributed by atoms with Crippen LogP contribution in [-0.4, -0.2) is 12.1 Å². The third-order valence-electron chi connectivity index (χ3n) is 3.34. The van der Waals surface area contributed by atoms with Gasteiger partial charge in [0, 0.05) is 6.42 Å². The number of carbonyl (C=O) groups excluding carboxylic acids is 1. The smallest absolute Gasteiger partial charge is 0.305 e. The van der Waals surface area contributed by atoms with E-state index < -0.39 is 0 Å². The molecule has 1 rings (SSSR count). The van der Waals surface area contributed by atoms with Gasteiger partial charge in [0.2, 0.25) is 0 Å². The van der Waals surface area contributed by atoms with Gasteiger partial charge in [0.1, 0.15) is 6.10 Å². The normalized spacial score (nSPS) is 26.3. The number of unbranched alkanes of at least 4 members (excludes halogenated alkanes) is 1. The van der Waals surface area contributed by atoms with Crippen LogP contribution in [0.25, 0.3) is 0 Å². The molecule has 0 aromatic rings. The number of hydrogen-bond donors (Lipinski definition) is 0. The molecule has 0 aliphatic heterocycles. The lowest BCUT2D eigenvalue weighted by molar-refractivity contribution is -0.153. The number of carbonyl (C=O) groups is 1. The number of rotatable bonds is 5. The van der Waals surface area contributed by atoms with Crippen molar-refractivity contribution in [3.8, 4) is 0 Å². The predicted molar refractivity (Wildman–Crippen MR) is 61.7 cm³/mol. The minimum Gasteiger partial charge on any atom is -0.462 e. The maximum absolute atomic E-state index is 11.3. The molecule has 2 nitrogen and oxygen atoms in total. The zero-order valence-corrected chi connectivity index (χ0v) is 10.1. The van der Waals surface area contributed by atoms with Crippen LogP contribution in [0.1, 0.15) is 65.2 Å². The Balaban J connectivity index is 2.38. The summed E-state index contributed by atoms with van der Waals surface area (Å²) in [6.45, 7) is 4.09. The number of esters is 1. The Kier molecular flexibility index (Phi) is 5.74. The summed E-state index contributed by atoms with van der Waals surface area (Å²) in [6, 6.07) is 0. The van der Waals surface area contributed by atoms with Crippen LogP contribution >= 0.6 is 0 Å². The summed E-state index contributed by atoms with van der Waals surface area (Å²) in [7, 11) is 0. The molecular formula is C13H24O2. The van der Waals surface area contributed by atoms with E-state index in [0.29, 0.717) is 12.3 Å². The highest BCUT2D eigenvalue weighted by molar-refractivity contribution is 5.69. The molecule has 0 heterocycles. The van der Waals surface area contributed by atoms with Crippen molar-refractivity contribution < 1.29 is 9.53 Å². The van der Waals surface area contributed by atoms with Crippen molar-refractivity contribution >= 4 is 5.97 Å². The van der Waals surface area contributed by atoms with E-state index in [1.54, 1.807) is 0 Å². The molecule has 0 unspecified atom stereocenters. The van der Waals surface area contributed by atoms with Gasteiger partial charge in [-0.15, -0.1) is 0 Å². The molecule has 88 valence electrons. The predicted octanol–water partition coefficient (Wildman–Crippen LogP) is 3.69. The maximum Gasteiger partial charge on any atom is 0.305 e. The molecule has 0 N–H and O–H groups in total. The van der Waals surface area contributed by atoms with Gasteiger partial charge in [0.05, 0.1) is 0 Å². The topological polar surface area (TPSA) is 26.3 Å². The van der Waals surface area contributed by atoms with Gasteiger partial charge in [-0.2, -0.15) is 0 Å². The van der Waals surface area contributed by atoms with E-state index in [9.17, 15) is 4.79 Å². The van der Waals surface area contributed by atoms with Crippen LogP contribution in [0.2, 0.25) is 0 Å². The number of hydrogen-bond acceptors (Lipinski definition) is 2. The van der Waals surface area contributed by atoms with Gasteiger partial charge >= 0.3 is 5.97 Å². The van der Waals surface area contributed by atoms with Gasteiger partial charge in [-0.1, -0.05) is 33.1 Å². The third kappa shape index (κ3) is 4.23. The van der Waals surface area contributed by atoms with Crippen LogP contribution in [0.5, 0.6) is 0 Å². The fraction of sp³-hybridized carbons (Fsp3) is 0.923. The molecule has 1 aliphatic rings. The standard InChI is InChI=1S/C13H24O2/c1-3-5-8-11-9-6-7-10-12(11)15-13(14)4-2/h11-12H,3-10H2,1-2H3/t11-,12+/m1/s1. The Hall–Kier alpha value is -0.530. The second kappa shape index (κ2) is 6.86. The first-order valence-electron chi connectivity index (χ1n) is 6.47. The van der Waals surface area contributed by atoms with E-state index in [2.05, 4.69) is 6.92 Å². The average molecular weight is 212 g/mol. The second-order valence-electron chi connectivity index (χ2n) is 4.57. The summed E-state index contributed by atoms with van der Waals surface area (Å²) in [5, 5.41) is 0. The van der Waals surface area contributed by atoms with Gasteiger partial charge in [-0.3, -0.25) is 4.79 Å². The monoisotopic (exact) mass is 212 g/mol. The molecule has 2 heteroatoms. The minimum atomic E-state index is -0.0246. The van der Waals surface area contributed by atoms with Gasteiger partial charge in [0.15, 0.2) is 0 Å². The van der Waals surface area contributed by atoms with Crippen LogP contribution in [0.15, 0.2) is 0 Å². The highest BCUT2D eigenvalue weighted by Gasteiger charge is 2.27. The van der Waals surface area contributed by atoms with E-state index >= 15 is 0 Å². The van der Waals surface area contributed by atoms with Crippen LogP contribution in [-0.2, 0) is 9.53 Å². The molecule has 0 radical (unpaired) electrons. The molecule has 1 saturated carbocycles. The van der Waals surface area contributed by atoms with E-state index in [1.807, 2.05) is 6.92 Å². The van der Waals surface area contributed by atoms with E-state index in [1.165, 1.54) is 38.5 Å². The van der Waals surface area contributed by atoms with Crippen molar-refractivity contribution in [2.45, 2.75) is 71.3 Å². The Labute approximate surface area is 93.4 Å². The summed E-state index contributed by atoms with van der Waals surface area (Å²) in [5.74, 6) is 0.609. The Bertz CT molecular complexity index is 189. The molecule has 2 atom stereocenters. The van der Waals surface area contributed by atoms with Gasteiger partial charge in [0.25, 0.3) is 0 Å². The molecule has 0 aromatic carbocycles. The van der Waals surface area contributed by atoms with Crippen LogP contribution in [0.4, 0.5) is 0 Å². The average Bonchev–Trinajstić information content (AvgIpc) is 2.28. The second-order valence-corrected chi connectivity index (χ2v) is 4.57. The zero-order valence-electron chi connectivity index (χ0n) is 10.1. The van der Waals surface area contributed by atoms with Crippen LogP contribution < -0.4 is 0 Å². The van der Waals surface area contributed by atoms with Gasteiger partial charge < -0.3 is 4.74 Å². The van der Waals surface area contributed by atoms with Crippen molar-refractivity contribution in [3.05, 3.63) is 0 Å². The first-order chi connectivity index (χ1) is 7.27. The summed E-state index contributed by atoms with van der Waals surface area (Å²) in [4.78, 5) is 11.3. The van der Waals surface area contributed by atoms with E-state index in [0.717, 1.165) is 6.42 Å². The van der Waals surface area contributed by atoms with Crippen LogP contribution in [0, 0.1) is 5.92 Å². The number of ether oxygens (including phenoxy) is 1. The molecule has 15 heavy (non-hydrogen) atoms. The molecule has 0 spiro atoms. The summed E-state index contributed by atoms with van der Waals surface area (Å²) in [6.07, 6.45) is 9.35. The summed E-state index contributed by atoms with van der Waals surface area (Å²) < 4.78 is 5.51. The molecule has 1 fully saturated rings. The Morgan fingerprint density at radius 1 is 1.27 bits per heavy atom. The highest BCUT2D eigenvalue weighted by Crippen LogP contribution is 2.30. The molecule has 0 amide bonds. The molecule has 0 saturated heterocycles. The zero-order chi connectivity index (χ0) is 11.1. The van der Waals surface area contributed by atoms with Crippen molar-refractivity contribution in [1.82, 2.24) is 0 Å². The molecule has 0 bridgehead atoms. The third-order valence-corrected chi connectivity index (χ3v) is 3.34. The first kappa shape index (κ1) is 12.5. The van der Waals surface area contributed by atoms with Gasteiger partial charge in [-0.25, -0.2) is 0 Å². The molecular weight excluding hydrogens is 188 g/mol. The first-order valence-corrected chi connectivity index (χ1v) is 6.47. The highest BCUT2D eigenvalue weighted by atomic mass is 16.5. The summed E-state index contributed by atoms with van der Waals surface area (Å²) in [5.41, 5.74) is 0. The van der Waals surface area contributed by atoms with E-state index in [-0.39, 0.29) is 12.1 Å². The fourth-order valence-electron chi connectivity index (χ4n) is 2.38. The van der Waals surface area contributed by atoms with Crippen molar-refractivity contribution in [2.75, 3.05) is 0 Å². The SMILES string of the molecule is CCCC[C@@H]1CCCC[C@@H]1OC(=O)CC. The van der Waals surface area contributed by atoms with Crippen LogP contribution in [0.3, 0.4) is 0 Å². The quantitative estimate of drug-likeness (QED) is 0.650. The lowest BCUT2D eigenvalue weighted by Crippen LogP contribution is -2.29. The molecule has 0 aromatic heterocycles. The van der Waals surface area contributed by atoms with Crippen molar-refractivity contribution in [1.29, 1.82) is 0 Å². The molecule has 1 aliphatic carbocycles. The van der Waals surface area contributed by atoms with Gasteiger partial charge in [-0.05, 0) is 31.6 Å². The lowest BCUT2D eigenvalue weighted by Gasteiger charge is -2.31. The maximum atomic E-state index is 11.3. The minimum absolute atomic E-state index is 0.0246. The largest absolute Gasteiger partial charge is 0.462 e.